The molecular weight excluding hydrogens is 342 g/mol. The van der Waals surface area contributed by atoms with Gasteiger partial charge in [-0.2, -0.15) is 0 Å². The number of nitrogens with one attached hydrogen (secondary N) is 1. The molecule has 27 heavy (non-hydrogen) atoms. The van der Waals surface area contributed by atoms with Crippen LogP contribution in [0.5, 0.6) is 23.0 Å². The molecule has 136 valence electrons. The Balaban J connectivity index is 1.39. The Hall–Kier alpha value is -3.47. The van der Waals surface area contributed by atoms with Crippen LogP contribution < -0.4 is 19.5 Å². The first-order chi connectivity index (χ1) is 13.2. The molecule has 1 atom stereocenters. The summed E-state index contributed by atoms with van der Waals surface area (Å²) in [4.78, 5) is 12.5. The van der Waals surface area contributed by atoms with Crippen molar-refractivity contribution in [1.29, 1.82) is 0 Å². The van der Waals surface area contributed by atoms with E-state index in [-0.39, 0.29) is 5.91 Å². The number of amides is 1. The summed E-state index contributed by atoms with van der Waals surface area (Å²) < 4.78 is 16.8. The van der Waals surface area contributed by atoms with Gasteiger partial charge in [-0.3, -0.25) is 4.79 Å². The minimum Gasteiger partial charge on any atom is -0.493 e. The number of anilines is 1. The molecule has 0 saturated heterocycles. The molecule has 5 heteroatoms. The number of fused-ring (bicyclic) bond motifs is 1. The van der Waals surface area contributed by atoms with Gasteiger partial charge in [-0.05, 0) is 48.0 Å². The molecule has 0 aromatic heterocycles. The average molecular weight is 361 g/mol. The zero-order valence-electron chi connectivity index (χ0n) is 14.8. The van der Waals surface area contributed by atoms with Crippen LogP contribution in [-0.4, -0.2) is 19.1 Å². The molecule has 0 radical (unpaired) electrons. The molecular formula is C22H19NO4. The average Bonchev–Trinajstić information content (AvgIpc) is 3.14. The molecule has 3 aromatic rings. The standard InChI is InChI=1S/C22H19NO4/c1-25-19-8-4-5-9-20(19)26-17-12-10-16(11-13-17)23-22(24)21-14-15-6-2-3-7-18(15)27-21/h2-13,21H,14H2,1H3,(H,23,24)/t21-/m1/s1. The lowest BCUT2D eigenvalue weighted by molar-refractivity contribution is -0.122. The van der Waals surface area contributed by atoms with Crippen LogP contribution in [0.2, 0.25) is 0 Å². The van der Waals surface area contributed by atoms with Crippen molar-refractivity contribution in [2.75, 3.05) is 12.4 Å². The molecule has 3 aromatic carbocycles. The lowest BCUT2D eigenvalue weighted by Crippen LogP contribution is -2.31. The van der Waals surface area contributed by atoms with Crippen LogP contribution in [0.3, 0.4) is 0 Å². The first-order valence-electron chi connectivity index (χ1n) is 8.69. The third-order valence-electron chi connectivity index (χ3n) is 4.36. The van der Waals surface area contributed by atoms with Crippen molar-refractivity contribution in [2.24, 2.45) is 0 Å². The van der Waals surface area contributed by atoms with Crippen LogP contribution in [0.25, 0.3) is 0 Å². The minimum absolute atomic E-state index is 0.162. The van der Waals surface area contributed by atoms with Gasteiger partial charge in [-0.1, -0.05) is 30.3 Å². The Kier molecular flexibility index (Phi) is 4.66. The SMILES string of the molecule is COc1ccccc1Oc1ccc(NC(=O)[C@H]2Cc3ccccc3O2)cc1. The van der Waals surface area contributed by atoms with Gasteiger partial charge in [-0.15, -0.1) is 0 Å². The van der Waals surface area contributed by atoms with E-state index in [9.17, 15) is 4.79 Å². The third-order valence-corrected chi connectivity index (χ3v) is 4.36. The van der Waals surface area contributed by atoms with Crippen molar-refractivity contribution in [3.8, 4) is 23.0 Å². The quantitative estimate of drug-likeness (QED) is 0.730. The smallest absolute Gasteiger partial charge is 0.265 e. The van der Waals surface area contributed by atoms with E-state index in [1.165, 1.54) is 0 Å². The van der Waals surface area contributed by atoms with Crippen LogP contribution in [0.1, 0.15) is 5.56 Å². The van der Waals surface area contributed by atoms with Crippen molar-refractivity contribution < 1.29 is 19.0 Å². The Morgan fingerprint density at radius 2 is 1.67 bits per heavy atom. The summed E-state index contributed by atoms with van der Waals surface area (Å²) in [6.07, 6.45) is 0.0729. The Morgan fingerprint density at radius 1 is 0.963 bits per heavy atom. The summed E-state index contributed by atoms with van der Waals surface area (Å²) in [5.41, 5.74) is 1.74. The molecule has 1 aliphatic rings. The van der Waals surface area contributed by atoms with Crippen molar-refractivity contribution in [1.82, 2.24) is 0 Å². The highest BCUT2D eigenvalue weighted by molar-refractivity contribution is 5.95. The monoisotopic (exact) mass is 361 g/mol. The molecule has 0 aliphatic carbocycles. The highest BCUT2D eigenvalue weighted by atomic mass is 16.5. The van der Waals surface area contributed by atoms with E-state index >= 15 is 0 Å². The molecule has 0 bridgehead atoms. The third kappa shape index (κ3) is 3.72. The molecule has 4 rings (SSSR count). The highest BCUT2D eigenvalue weighted by Crippen LogP contribution is 2.32. The number of methoxy groups -OCH3 is 1. The fourth-order valence-corrected chi connectivity index (χ4v) is 2.99. The van der Waals surface area contributed by atoms with Crippen LogP contribution in [0, 0.1) is 0 Å². The van der Waals surface area contributed by atoms with Gasteiger partial charge in [0, 0.05) is 12.1 Å². The Labute approximate surface area is 157 Å². The summed E-state index contributed by atoms with van der Waals surface area (Å²) in [5, 5.41) is 2.89. The molecule has 0 spiro atoms. The van der Waals surface area contributed by atoms with Gasteiger partial charge in [0.1, 0.15) is 11.5 Å². The Morgan fingerprint density at radius 3 is 2.41 bits per heavy atom. The molecule has 1 N–H and O–H groups in total. The van der Waals surface area contributed by atoms with Crippen molar-refractivity contribution in [2.45, 2.75) is 12.5 Å². The summed E-state index contributed by atoms with van der Waals surface area (Å²) in [5.74, 6) is 2.56. The van der Waals surface area contributed by atoms with E-state index in [0.717, 1.165) is 11.3 Å². The maximum Gasteiger partial charge on any atom is 0.265 e. The summed E-state index contributed by atoms with van der Waals surface area (Å²) in [6.45, 7) is 0. The van der Waals surface area contributed by atoms with Crippen molar-refractivity contribution in [3.05, 3.63) is 78.4 Å². The van der Waals surface area contributed by atoms with E-state index in [1.54, 1.807) is 31.4 Å². The van der Waals surface area contributed by atoms with Gasteiger partial charge in [-0.25, -0.2) is 0 Å². The van der Waals surface area contributed by atoms with Gasteiger partial charge < -0.3 is 19.5 Å². The van der Waals surface area contributed by atoms with E-state index in [1.807, 2.05) is 48.5 Å². The molecule has 0 unspecified atom stereocenters. The van der Waals surface area contributed by atoms with Gasteiger partial charge in [0.2, 0.25) is 0 Å². The van der Waals surface area contributed by atoms with Gasteiger partial charge in [0.25, 0.3) is 5.91 Å². The molecule has 1 aliphatic heterocycles. The predicted octanol–water partition coefficient (Wildman–Crippen LogP) is 4.43. The fourth-order valence-electron chi connectivity index (χ4n) is 2.99. The molecule has 1 amide bonds. The number of hydrogen-bond donors (Lipinski definition) is 1. The summed E-state index contributed by atoms with van der Waals surface area (Å²) >= 11 is 0. The maximum absolute atomic E-state index is 12.5. The zero-order chi connectivity index (χ0) is 18.6. The van der Waals surface area contributed by atoms with Gasteiger partial charge >= 0.3 is 0 Å². The topological polar surface area (TPSA) is 56.8 Å². The lowest BCUT2D eigenvalue weighted by Gasteiger charge is -2.13. The summed E-state index contributed by atoms with van der Waals surface area (Å²) in [6, 6.07) is 22.3. The second kappa shape index (κ2) is 7.41. The normalized spacial score (nSPS) is 14.8. The number of hydrogen-bond acceptors (Lipinski definition) is 4. The zero-order valence-corrected chi connectivity index (χ0v) is 14.8. The first-order valence-corrected chi connectivity index (χ1v) is 8.69. The maximum atomic E-state index is 12.5. The number of carbonyl (C=O) groups is 1. The first kappa shape index (κ1) is 17.0. The molecule has 0 fully saturated rings. The van der Waals surface area contributed by atoms with Crippen LogP contribution in [-0.2, 0) is 11.2 Å². The highest BCUT2D eigenvalue weighted by Gasteiger charge is 2.28. The second-order valence-electron chi connectivity index (χ2n) is 6.18. The van der Waals surface area contributed by atoms with Crippen molar-refractivity contribution in [3.63, 3.8) is 0 Å². The number of ether oxygens (including phenoxy) is 3. The number of benzene rings is 3. The van der Waals surface area contributed by atoms with Crippen LogP contribution in [0.15, 0.2) is 72.8 Å². The molecule has 5 nitrogen and oxygen atoms in total. The number of para-hydroxylation sites is 3. The largest absolute Gasteiger partial charge is 0.493 e. The van der Waals surface area contributed by atoms with Crippen molar-refractivity contribution >= 4 is 11.6 Å². The summed E-state index contributed by atoms with van der Waals surface area (Å²) in [7, 11) is 1.60. The van der Waals surface area contributed by atoms with E-state index in [4.69, 9.17) is 14.2 Å². The van der Waals surface area contributed by atoms with E-state index < -0.39 is 6.10 Å². The molecule has 1 heterocycles. The van der Waals surface area contributed by atoms with Gasteiger partial charge in [0.15, 0.2) is 17.6 Å². The minimum atomic E-state index is -0.507. The molecule has 0 saturated carbocycles. The van der Waals surface area contributed by atoms with E-state index in [2.05, 4.69) is 5.32 Å². The Bertz CT molecular complexity index is 928. The fraction of sp³-hybridized carbons (Fsp3) is 0.136. The number of carbonyl (C=O) groups excluding carboxylic acids is 1. The lowest BCUT2D eigenvalue weighted by atomic mass is 10.1. The predicted molar refractivity (Wildman–Crippen MR) is 103 cm³/mol. The van der Waals surface area contributed by atoms with Crippen LogP contribution in [0.4, 0.5) is 5.69 Å². The van der Waals surface area contributed by atoms with E-state index in [0.29, 0.717) is 29.4 Å². The van der Waals surface area contributed by atoms with Crippen LogP contribution >= 0.6 is 0 Å². The second-order valence-corrected chi connectivity index (χ2v) is 6.18. The number of rotatable bonds is 5. The van der Waals surface area contributed by atoms with Gasteiger partial charge in [0.05, 0.1) is 7.11 Å².